The first-order valence-corrected chi connectivity index (χ1v) is 7.61. The third-order valence-corrected chi connectivity index (χ3v) is 3.54. The van der Waals surface area contributed by atoms with E-state index in [1.807, 2.05) is 62.4 Å². The van der Waals surface area contributed by atoms with E-state index in [1.165, 1.54) is 6.92 Å². The minimum Gasteiger partial charge on any atom is -0.329 e. The van der Waals surface area contributed by atoms with Gasteiger partial charge in [0.1, 0.15) is 6.54 Å². The number of amides is 2. The summed E-state index contributed by atoms with van der Waals surface area (Å²) in [5.41, 5.74) is 3.97. The molecule has 1 N–H and O–H groups in total. The van der Waals surface area contributed by atoms with Crippen molar-refractivity contribution in [2.24, 2.45) is 0 Å². The third kappa shape index (κ3) is 5.25. The molecule has 0 atom stereocenters. The SMILES string of the molecule is CC(=O)N(CC(=O)Nc1cccc(C)c1)Cc1cccc(C)c1. The standard InChI is InChI=1S/C19H22N2O2/c1-14-6-4-8-17(10-14)12-21(16(3)22)13-19(23)20-18-9-5-7-15(2)11-18/h4-11H,12-13H2,1-3H3,(H,20,23). The van der Waals surface area contributed by atoms with Gasteiger partial charge >= 0.3 is 0 Å². The molecule has 0 aromatic heterocycles. The molecule has 0 fully saturated rings. The minimum atomic E-state index is -0.196. The molecule has 0 saturated carbocycles. The molecule has 0 radical (unpaired) electrons. The Morgan fingerprint density at radius 1 is 1.00 bits per heavy atom. The number of aryl methyl sites for hydroxylation is 2. The van der Waals surface area contributed by atoms with Crippen LogP contribution in [-0.4, -0.2) is 23.3 Å². The molecule has 0 unspecified atom stereocenters. The first-order chi connectivity index (χ1) is 10.9. The topological polar surface area (TPSA) is 49.4 Å². The normalized spacial score (nSPS) is 10.2. The minimum absolute atomic E-state index is 0.0389. The maximum Gasteiger partial charge on any atom is 0.244 e. The number of carbonyl (C=O) groups is 2. The summed E-state index contributed by atoms with van der Waals surface area (Å²) >= 11 is 0. The molecule has 0 spiro atoms. The van der Waals surface area contributed by atoms with Crippen molar-refractivity contribution in [3.8, 4) is 0 Å². The van der Waals surface area contributed by atoms with Crippen LogP contribution >= 0.6 is 0 Å². The molecule has 120 valence electrons. The quantitative estimate of drug-likeness (QED) is 0.921. The number of nitrogens with one attached hydrogen (secondary N) is 1. The molecule has 2 aromatic rings. The van der Waals surface area contributed by atoms with E-state index in [9.17, 15) is 9.59 Å². The van der Waals surface area contributed by atoms with Crippen molar-refractivity contribution in [1.82, 2.24) is 4.90 Å². The van der Waals surface area contributed by atoms with E-state index in [4.69, 9.17) is 0 Å². The van der Waals surface area contributed by atoms with E-state index < -0.39 is 0 Å². The largest absolute Gasteiger partial charge is 0.329 e. The summed E-state index contributed by atoms with van der Waals surface area (Å²) in [5.74, 6) is -0.315. The van der Waals surface area contributed by atoms with Gasteiger partial charge in [0.05, 0.1) is 0 Å². The van der Waals surface area contributed by atoms with E-state index in [-0.39, 0.29) is 18.4 Å². The Morgan fingerprint density at radius 3 is 2.26 bits per heavy atom. The fourth-order valence-corrected chi connectivity index (χ4v) is 2.41. The molecule has 0 aliphatic rings. The molecule has 4 nitrogen and oxygen atoms in total. The maximum absolute atomic E-state index is 12.2. The van der Waals surface area contributed by atoms with Crippen molar-refractivity contribution in [2.75, 3.05) is 11.9 Å². The lowest BCUT2D eigenvalue weighted by atomic mass is 10.1. The van der Waals surface area contributed by atoms with Crippen LogP contribution in [0.4, 0.5) is 5.69 Å². The molecule has 4 heteroatoms. The number of hydrogen-bond donors (Lipinski definition) is 1. The van der Waals surface area contributed by atoms with Gasteiger partial charge in [-0.15, -0.1) is 0 Å². The number of rotatable bonds is 5. The lowest BCUT2D eigenvalue weighted by Crippen LogP contribution is -2.36. The van der Waals surface area contributed by atoms with Crippen LogP contribution in [0.25, 0.3) is 0 Å². The summed E-state index contributed by atoms with van der Waals surface area (Å²) in [6.45, 7) is 5.92. The fourth-order valence-electron chi connectivity index (χ4n) is 2.41. The highest BCUT2D eigenvalue weighted by atomic mass is 16.2. The van der Waals surface area contributed by atoms with Gasteiger partial charge in [-0.3, -0.25) is 9.59 Å². The molecule has 0 aliphatic heterocycles. The molecule has 0 aliphatic carbocycles. The number of nitrogens with zero attached hydrogens (tertiary/aromatic N) is 1. The van der Waals surface area contributed by atoms with Crippen LogP contribution in [0.1, 0.15) is 23.6 Å². The van der Waals surface area contributed by atoms with Crippen LogP contribution in [0, 0.1) is 13.8 Å². The molecule has 0 saturated heterocycles. The highest BCUT2D eigenvalue weighted by Crippen LogP contribution is 2.11. The summed E-state index contributed by atoms with van der Waals surface area (Å²) in [6.07, 6.45) is 0. The van der Waals surface area contributed by atoms with Crippen LogP contribution in [-0.2, 0) is 16.1 Å². The van der Waals surface area contributed by atoms with Gasteiger partial charge in [0.25, 0.3) is 0 Å². The monoisotopic (exact) mass is 310 g/mol. The van der Waals surface area contributed by atoms with Gasteiger partial charge in [-0.05, 0) is 37.1 Å². The Labute approximate surface area is 137 Å². The predicted octanol–water partition coefficient (Wildman–Crippen LogP) is 3.29. The van der Waals surface area contributed by atoms with Gasteiger partial charge in [-0.1, -0.05) is 42.0 Å². The molecule has 2 amide bonds. The average molecular weight is 310 g/mol. The zero-order valence-corrected chi connectivity index (χ0v) is 13.8. The Kier molecular flexibility index (Phi) is 5.52. The summed E-state index contributed by atoms with van der Waals surface area (Å²) in [7, 11) is 0. The Bertz CT molecular complexity index is 710. The Balaban J connectivity index is 2.01. The van der Waals surface area contributed by atoms with Gasteiger partial charge in [0.2, 0.25) is 11.8 Å². The maximum atomic E-state index is 12.2. The molecule has 2 aromatic carbocycles. The predicted molar refractivity (Wildman–Crippen MR) is 92.1 cm³/mol. The van der Waals surface area contributed by atoms with Gasteiger partial charge in [-0.25, -0.2) is 0 Å². The highest BCUT2D eigenvalue weighted by molar-refractivity contribution is 5.94. The van der Waals surface area contributed by atoms with Crippen LogP contribution in [0.15, 0.2) is 48.5 Å². The summed E-state index contributed by atoms with van der Waals surface area (Å²) in [4.78, 5) is 25.6. The zero-order valence-electron chi connectivity index (χ0n) is 13.8. The summed E-state index contributed by atoms with van der Waals surface area (Å²) in [6, 6.07) is 15.5. The molecular weight excluding hydrogens is 288 g/mol. The van der Waals surface area contributed by atoms with Gasteiger partial charge in [-0.2, -0.15) is 0 Å². The van der Waals surface area contributed by atoms with Crippen LogP contribution < -0.4 is 5.32 Å². The lowest BCUT2D eigenvalue weighted by Gasteiger charge is -2.21. The third-order valence-electron chi connectivity index (χ3n) is 3.54. The number of carbonyl (C=O) groups excluding carboxylic acids is 2. The molecule has 2 rings (SSSR count). The van der Waals surface area contributed by atoms with Gasteiger partial charge in [0, 0.05) is 19.2 Å². The Morgan fingerprint density at radius 2 is 1.65 bits per heavy atom. The first kappa shape index (κ1) is 16.7. The van der Waals surface area contributed by atoms with Gasteiger partial charge < -0.3 is 10.2 Å². The fraction of sp³-hybridized carbons (Fsp3) is 0.263. The number of benzene rings is 2. The van der Waals surface area contributed by atoms with E-state index in [0.29, 0.717) is 6.54 Å². The van der Waals surface area contributed by atoms with Crippen LogP contribution in [0.2, 0.25) is 0 Å². The molecule has 23 heavy (non-hydrogen) atoms. The summed E-state index contributed by atoms with van der Waals surface area (Å²) < 4.78 is 0. The second kappa shape index (κ2) is 7.58. The zero-order chi connectivity index (χ0) is 16.8. The van der Waals surface area contributed by atoms with E-state index in [1.54, 1.807) is 4.90 Å². The van der Waals surface area contributed by atoms with E-state index in [0.717, 1.165) is 22.4 Å². The van der Waals surface area contributed by atoms with Crippen molar-refractivity contribution in [3.63, 3.8) is 0 Å². The van der Waals surface area contributed by atoms with Crippen LogP contribution in [0.3, 0.4) is 0 Å². The second-order valence-corrected chi connectivity index (χ2v) is 5.78. The first-order valence-electron chi connectivity index (χ1n) is 7.61. The number of anilines is 1. The second-order valence-electron chi connectivity index (χ2n) is 5.78. The van der Waals surface area contributed by atoms with E-state index >= 15 is 0 Å². The van der Waals surface area contributed by atoms with E-state index in [2.05, 4.69) is 5.32 Å². The molecule has 0 bridgehead atoms. The van der Waals surface area contributed by atoms with Gasteiger partial charge in [0.15, 0.2) is 0 Å². The van der Waals surface area contributed by atoms with Crippen LogP contribution in [0.5, 0.6) is 0 Å². The Hall–Kier alpha value is -2.62. The van der Waals surface area contributed by atoms with Crippen molar-refractivity contribution in [2.45, 2.75) is 27.3 Å². The van der Waals surface area contributed by atoms with Crippen molar-refractivity contribution in [1.29, 1.82) is 0 Å². The highest BCUT2D eigenvalue weighted by Gasteiger charge is 2.14. The summed E-state index contributed by atoms with van der Waals surface area (Å²) in [5, 5.41) is 2.83. The van der Waals surface area contributed by atoms with Crippen molar-refractivity contribution in [3.05, 3.63) is 65.2 Å². The van der Waals surface area contributed by atoms with Crippen molar-refractivity contribution < 1.29 is 9.59 Å². The molecular formula is C19H22N2O2. The van der Waals surface area contributed by atoms with Crippen molar-refractivity contribution >= 4 is 17.5 Å². The lowest BCUT2D eigenvalue weighted by molar-refractivity contribution is -0.133. The number of hydrogen-bond acceptors (Lipinski definition) is 2. The molecule has 0 heterocycles. The smallest absolute Gasteiger partial charge is 0.244 e. The average Bonchev–Trinajstić information content (AvgIpc) is 2.46.